The summed E-state index contributed by atoms with van der Waals surface area (Å²) in [4.78, 5) is 0. The topological polar surface area (TPSA) is 33.0 Å². The van der Waals surface area contributed by atoms with Crippen LogP contribution in [0.4, 0.5) is 0 Å². The van der Waals surface area contributed by atoms with E-state index in [4.69, 9.17) is 10.00 Å². The Kier molecular flexibility index (Phi) is 6.90. The van der Waals surface area contributed by atoms with Crippen molar-refractivity contribution in [1.82, 2.24) is 0 Å². The number of nitriles is 1. The molecule has 17 heavy (non-hydrogen) atoms. The van der Waals surface area contributed by atoms with Gasteiger partial charge in [-0.2, -0.15) is 5.26 Å². The molecular formula is C15H21NO. The van der Waals surface area contributed by atoms with Crippen molar-refractivity contribution in [2.24, 2.45) is 0 Å². The van der Waals surface area contributed by atoms with Gasteiger partial charge in [-0.05, 0) is 30.5 Å². The molecule has 0 fully saturated rings. The molecule has 0 aliphatic heterocycles. The number of ether oxygens (including phenoxy) is 1. The fourth-order valence-electron chi connectivity index (χ4n) is 1.67. The highest BCUT2D eigenvalue weighted by Crippen LogP contribution is 2.14. The lowest BCUT2D eigenvalue weighted by atomic mass is 10.1. The van der Waals surface area contributed by atoms with Gasteiger partial charge < -0.3 is 4.74 Å². The van der Waals surface area contributed by atoms with Gasteiger partial charge in [-0.15, -0.1) is 0 Å². The number of nitrogens with zero attached hydrogens (tertiary/aromatic N) is 1. The zero-order valence-corrected chi connectivity index (χ0v) is 10.6. The smallest absolute Gasteiger partial charge is 0.119 e. The Labute approximate surface area is 104 Å². The first-order chi connectivity index (χ1) is 8.36. The Morgan fingerprint density at radius 1 is 1.12 bits per heavy atom. The number of rotatable bonds is 8. The van der Waals surface area contributed by atoms with E-state index < -0.39 is 0 Å². The third kappa shape index (κ3) is 5.97. The van der Waals surface area contributed by atoms with Crippen LogP contribution in [0.1, 0.15) is 44.6 Å². The molecule has 0 saturated carbocycles. The number of benzene rings is 1. The lowest BCUT2D eigenvalue weighted by Crippen LogP contribution is -1.97. The molecule has 0 aromatic heterocycles. The molecule has 0 radical (unpaired) electrons. The van der Waals surface area contributed by atoms with Crippen LogP contribution < -0.4 is 4.74 Å². The predicted molar refractivity (Wildman–Crippen MR) is 70.0 cm³/mol. The lowest BCUT2D eigenvalue weighted by Gasteiger charge is -2.06. The summed E-state index contributed by atoms with van der Waals surface area (Å²) in [5, 5.41) is 8.49. The van der Waals surface area contributed by atoms with Crippen LogP contribution in [-0.4, -0.2) is 6.61 Å². The van der Waals surface area contributed by atoms with Gasteiger partial charge in [-0.25, -0.2) is 0 Å². The van der Waals surface area contributed by atoms with Gasteiger partial charge in [0, 0.05) is 6.42 Å². The van der Waals surface area contributed by atoms with E-state index in [0.29, 0.717) is 6.42 Å². The van der Waals surface area contributed by atoms with Crippen molar-refractivity contribution in [1.29, 1.82) is 5.26 Å². The summed E-state index contributed by atoms with van der Waals surface area (Å²) < 4.78 is 5.65. The fourth-order valence-corrected chi connectivity index (χ4v) is 1.67. The van der Waals surface area contributed by atoms with Gasteiger partial charge in [0.05, 0.1) is 12.7 Å². The summed E-state index contributed by atoms with van der Waals surface area (Å²) in [6.07, 6.45) is 6.33. The highest BCUT2D eigenvalue weighted by atomic mass is 16.5. The number of aryl methyl sites for hydroxylation is 1. The van der Waals surface area contributed by atoms with E-state index in [1.54, 1.807) is 0 Å². The summed E-state index contributed by atoms with van der Waals surface area (Å²) >= 11 is 0. The largest absolute Gasteiger partial charge is 0.494 e. The van der Waals surface area contributed by atoms with Gasteiger partial charge in [-0.1, -0.05) is 38.3 Å². The molecule has 0 saturated heterocycles. The van der Waals surface area contributed by atoms with Crippen LogP contribution in [0.3, 0.4) is 0 Å². The van der Waals surface area contributed by atoms with Gasteiger partial charge in [0.1, 0.15) is 5.75 Å². The van der Waals surface area contributed by atoms with Crippen molar-refractivity contribution >= 4 is 0 Å². The summed E-state index contributed by atoms with van der Waals surface area (Å²) in [5.41, 5.74) is 1.20. The van der Waals surface area contributed by atoms with E-state index in [1.807, 2.05) is 24.3 Å². The van der Waals surface area contributed by atoms with Crippen molar-refractivity contribution in [3.63, 3.8) is 0 Å². The van der Waals surface area contributed by atoms with E-state index in [0.717, 1.165) is 25.2 Å². The molecule has 0 spiro atoms. The van der Waals surface area contributed by atoms with E-state index in [2.05, 4.69) is 13.0 Å². The molecule has 0 aliphatic carbocycles. The first-order valence-corrected chi connectivity index (χ1v) is 6.45. The number of hydrogen-bond donors (Lipinski definition) is 0. The Morgan fingerprint density at radius 2 is 1.88 bits per heavy atom. The second-order valence-corrected chi connectivity index (χ2v) is 4.21. The minimum absolute atomic E-state index is 0.581. The summed E-state index contributed by atoms with van der Waals surface area (Å²) in [7, 11) is 0. The van der Waals surface area contributed by atoms with Crippen LogP contribution in [0.5, 0.6) is 5.75 Å². The van der Waals surface area contributed by atoms with E-state index >= 15 is 0 Å². The minimum atomic E-state index is 0.581. The number of hydrogen-bond acceptors (Lipinski definition) is 2. The summed E-state index contributed by atoms with van der Waals surface area (Å²) in [5.74, 6) is 0.933. The molecule has 2 nitrogen and oxygen atoms in total. The quantitative estimate of drug-likeness (QED) is 0.631. The highest BCUT2D eigenvalue weighted by molar-refractivity contribution is 5.27. The maximum absolute atomic E-state index is 8.49. The minimum Gasteiger partial charge on any atom is -0.494 e. The zero-order chi connectivity index (χ0) is 12.3. The Balaban J connectivity index is 2.23. The Bertz CT molecular complexity index is 337. The molecule has 0 aliphatic rings. The van der Waals surface area contributed by atoms with Gasteiger partial charge in [0.2, 0.25) is 0 Å². The SMILES string of the molecule is CCCCCCOc1ccc(CCC#N)cc1. The van der Waals surface area contributed by atoms with E-state index in [1.165, 1.54) is 24.8 Å². The van der Waals surface area contributed by atoms with Crippen molar-refractivity contribution in [2.45, 2.75) is 45.4 Å². The average molecular weight is 231 g/mol. The van der Waals surface area contributed by atoms with E-state index in [-0.39, 0.29) is 0 Å². The fraction of sp³-hybridized carbons (Fsp3) is 0.533. The van der Waals surface area contributed by atoms with Crippen LogP contribution in [0.15, 0.2) is 24.3 Å². The molecule has 0 atom stereocenters. The van der Waals surface area contributed by atoms with Crippen LogP contribution in [0.2, 0.25) is 0 Å². The third-order valence-electron chi connectivity index (χ3n) is 2.72. The first-order valence-electron chi connectivity index (χ1n) is 6.45. The molecule has 1 aromatic rings. The molecule has 1 rings (SSSR count). The van der Waals surface area contributed by atoms with Gasteiger partial charge in [0.15, 0.2) is 0 Å². The molecule has 0 unspecified atom stereocenters. The Morgan fingerprint density at radius 3 is 2.53 bits per heavy atom. The monoisotopic (exact) mass is 231 g/mol. The molecule has 1 aromatic carbocycles. The van der Waals surface area contributed by atoms with Crippen LogP contribution in [-0.2, 0) is 6.42 Å². The molecule has 0 amide bonds. The maximum Gasteiger partial charge on any atom is 0.119 e. The maximum atomic E-state index is 8.49. The number of unbranched alkanes of at least 4 members (excludes halogenated alkanes) is 3. The van der Waals surface area contributed by atoms with Crippen molar-refractivity contribution in [2.75, 3.05) is 6.61 Å². The molecule has 2 heteroatoms. The average Bonchev–Trinajstić information content (AvgIpc) is 2.37. The van der Waals surface area contributed by atoms with Crippen LogP contribution >= 0.6 is 0 Å². The predicted octanol–water partition coefficient (Wildman–Crippen LogP) is 4.10. The summed E-state index contributed by atoms with van der Waals surface area (Å²) in [6, 6.07) is 10.2. The van der Waals surface area contributed by atoms with Crippen molar-refractivity contribution in [3.8, 4) is 11.8 Å². The summed E-state index contributed by atoms with van der Waals surface area (Å²) in [6.45, 7) is 3.01. The Hall–Kier alpha value is -1.49. The highest BCUT2D eigenvalue weighted by Gasteiger charge is 1.96. The molecule has 0 heterocycles. The molecule has 0 N–H and O–H groups in total. The molecule has 92 valence electrons. The normalized spacial score (nSPS) is 9.88. The lowest BCUT2D eigenvalue weighted by molar-refractivity contribution is 0.305. The second-order valence-electron chi connectivity index (χ2n) is 4.21. The molecular weight excluding hydrogens is 210 g/mol. The third-order valence-corrected chi connectivity index (χ3v) is 2.72. The first kappa shape index (κ1) is 13.6. The van der Waals surface area contributed by atoms with Crippen molar-refractivity contribution in [3.05, 3.63) is 29.8 Å². The van der Waals surface area contributed by atoms with Gasteiger partial charge in [-0.3, -0.25) is 0 Å². The van der Waals surface area contributed by atoms with E-state index in [9.17, 15) is 0 Å². The van der Waals surface area contributed by atoms with Gasteiger partial charge in [0.25, 0.3) is 0 Å². The van der Waals surface area contributed by atoms with Crippen LogP contribution in [0.25, 0.3) is 0 Å². The van der Waals surface area contributed by atoms with Crippen LogP contribution in [0, 0.1) is 11.3 Å². The van der Waals surface area contributed by atoms with Gasteiger partial charge >= 0.3 is 0 Å². The zero-order valence-electron chi connectivity index (χ0n) is 10.6. The molecule has 0 bridgehead atoms. The van der Waals surface area contributed by atoms with Crippen molar-refractivity contribution < 1.29 is 4.74 Å². The second kappa shape index (κ2) is 8.64. The standard InChI is InChI=1S/C15H21NO/c1-2-3-4-5-13-17-15-10-8-14(9-11-15)7-6-12-16/h8-11H,2-7,13H2,1H3.